The van der Waals surface area contributed by atoms with E-state index in [0.717, 1.165) is 36.1 Å². The monoisotopic (exact) mass is 414 g/mol. The number of hydrogen-bond donors (Lipinski definition) is 0. The van der Waals surface area contributed by atoms with Crippen molar-refractivity contribution in [3.05, 3.63) is 70.2 Å². The van der Waals surface area contributed by atoms with Gasteiger partial charge in [0.15, 0.2) is 0 Å². The lowest BCUT2D eigenvalue weighted by atomic mass is 9.94. The van der Waals surface area contributed by atoms with Gasteiger partial charge in [-0.3, -0.25) is 14.5 Å². The normalized spacial score (nSPS) is 17.0. The first-order valence-corrected chi connectivity index (χ1v) is 10.00. The average molecular weight is 415 g/mol. The first-order chi connectivity index (χ1) is 13.5. The van der Waals surface area contributed by atoms with Gasteiger partial charge in [-0.1, -0.05) is 23.2 Å². The highest BCUT2D eigenvalue weighted by atomic mass is 35.5. The second-order valence-electron chi connectivity index (χ2n) is 6.98. The van der Waals surface area contributed by atoms with Crippen LogP contribution in [0, 0.1) is 0 Å². The molecule has 0 aliphatic carbocycles. The third kappa shape index (κ3) is 3.64. The Labute approximate surface area is 173 Å². The van der Waals surface area contributed by atoms with Crippen molar-refractivity contribution in [3.8, 4) is 11.1 Å². The van der Waals surface area contributed by atoms with E-state index in [1.165, 1.54) is 0 Å². The molecule has 3 heterocycles. The molecule has 1 unspecified atom stereocenters. The minimum Gasteiger partial charge on any atom is -0.330 e. The fourth-order valence-corrected chi connectivity index (χ4v) is 4.06. The Morgan fingerprint density at radius 3 is 2.64 bits per heavy atom. The molecule has 3 aromatic rings. The topological polar surface area (TPSA) is 51.0 Å². The zero-order valence-electron chi connectivity index (χ0n) is 15.5. The second kappa shape index (κ2) is 7.94. The fourth-order valence-electron chi connectivity index (χ4n) is 3.76. The summed E-state index contributed by atoms with van der Waals surface area (Å²) >= 11 is 12.1. The number of carbonyl (C=O) groups is 1. The van der Waals surface area contributed by atoms with Crippen LogP contribution in [0.3, 0.4) is 0 Å². The molecule has 1 atom stereocenters. The van der Waals surface area contributed by atoms with Gasteiger partial charge >= 0.3 is 0 Å². The zero-order valence-corrected chi connectivity index (χ0v) is 17.0. The molecule has 0 spiro atoms. The minimum absolute atomic E-state index is 0.0467. The van der Waals surface area contributed by atoms with Gasteiger partial charge in [-0.05, 0) is 55.2 Å². The molecule has 1 aromatic carbocycles. The number of aryl methyl sites for hydroxylation is 1. The second-order valence-corrected chi connectivity index (χ2v) is 7.79. The molecule has 0 bridgehead atoms. The Bertz CT molecular complexity index is 1000. The van der Waals surface area contributed by atoms with Crippen LogP contribution in [-0.4, -0.2) is 32.1 Å². The molecule has 1 amide bonds. The predicted molar refractivity (Wildman–Crippen MR) is 111 cm³/mol. The number of benzene rings is 1. The highest BCUT2D eigenvalue weighted by molar-refractivity contribution is 6.42. The number of nitrogens with zero attached hydrogens (tertiary/aromatic N) is 4. The summed E-state index contributed by atoms with van der Waals surface area (Å²) in [5.41, 5.74) is 3.54. The van der Waals surface area contributed by atoms with Crippen LogP contribution in [0.4, 0.5) is 0 Å². The number of piperidine rings is 1. The Morgan fingerprint density at radius 1 is 1.11 bits per heavy atom. The molecule has 28 heavy (non-hydrogen) atoms. The Morgan fingerprint density at radius 2 is 1.89 bits per heavy atom. The van der Waals surface area contributed by atoms with Crippen LogP contribution in [0.2, 0.25) is 10.0 Å². The van der Waals surface area contributed by atoms with Gasteiger partial charge < -0.3 is 4.90 Å². The quantitative estimate of drug-likeness (QED) is 0.594. The number of pyridine rings is 1. The van der Waals surface area contributed by atoms with Crippen LogP contribution >= 0.6 is 23.2 Å². The summed E-state index contributed by atoms with van der Waals surface area (Å²) in [5, 5.41) is 5.55. The smallest absolute Gasteiger partial charge is 0.254 e. The summed E-state index contributed by atoms with van der Waals surface area (Å²) in [6.45, 7) is 0.691. The van der Waals surface area contributed by atoms with E-state index < -0.39 is 0 Å². The molecule has 0 N–H and O–H groups in total. The highest BCUT2D eigenvalue weighted by Gasteiger charge is 2.32. The van der Waals surface area contributed by atoms with Crippen LogP contribution in [0.5, 0.6) is 0 Å². The summed E-state index contributed by atoms with van der Waals surface area (Å²) in [4.78, 5) is 19.3. The third-order valence-electron chi connectivity index (χ3n) is 5.09. The van der Waals surface area contributed by atoms with Crippen LogP contribution in [-0.2, 0) is 7.05 Å². The van der Waals surface area contributed by atoms with E-state index in [1.807, 2.05) is 35.0 Å². The lowest BCUT2D eigenvalue weighted by Crippen LogP contribution is -2.39. The lowest BCUT2D eigenvalue weighted by molar-refractivity contribution is 0.0606. The van der Waals surface area contributed by atoms with Crippen molar-refractivity contribution in [2.24, 2.45) is 7.05 Å². The van der Waals surface area contributed by atoms with E-state index in [1.54, 1.807) is 30.6 Å². The van der Waals surface area contributed by atoms with Gasteiger partial charge in [0.1, 0.15) is 0 Å². The van der Waals surface area contributed by atoms with Gasteiger partial charge in [0, 0.05) is 43.3 Å². The maximum absolute atomic E-state index is 13.3. The maximum atomic E-state index is 13.3. The molecule has 1 aliphatic heterocycles. The number of carbonyl (C=O) groups excluding carboxylic acids is 1. The van der Waals surface area contributed by atoms with Crippen molar-refractivity contribution in [1.29, 1.82) is 0 Å². The van der Waals surface area contributed by atoms with Gasteiger partial charge in [0.25, 0.3) is 5.91 Å². The zero-order chi connectivity index (χ0) is 19.7. The summed E-state index contributed by atoms with van der Waals surface area (Å²) in [6.07, 6.45) is 8.45. The van der Waals surface area contributed by atoms with Crippen molar-refractivity contribution in [1.82, 2.24) is 19.7 Å². The van der Waals surface area contributed by atoms with E-state index in [9.17, 15) is 4.79 Å². The summed E-state index contributed by atoms with van der Waals surface area (Å²) in [6, 6.07) is 8.88. The third-order valence-corrected chi connectivity index (χ3v) is 5.83. The molecule has 7 heteroatoms. The molecule has 5 nitrogen and oxygen atoms in total. The van der Waals surface area contributed by atoms with E-state index in [-0.39, 0.29) is 11.9 Å². The molecule has 1 fully saturated rings. The van der Waals surface area contributed by atoms with Crippen LogP contribution in [0.15, 0.2) is 48.9 Å². The molecule has 144 valence electrons. The van der Waals surface area contributed by atoms with Crippen molar-refractivity contribution in [2.45, 2.75) is 25.3 Å². The summed E-state index contributed by atoms with van der Waals surface area (Å²) in [5.74, 6) is -0.0467. The van der Waals surface area contributed by atoms with E-state index >= 15 is 0 Å². The van der Waals surface area contributed by atoms with Gasteiger partial charge in [-0.2, -0.15) is 5.10 Å². The number of hydrogen-bond acceptors (Lipinski definition) is 3. The van der Waals surface area contributed by atoms with Crippen LogP contribution in [0.1, 0.15) is 41.4 Å². The van der Waals surface area contributed by atoms with Crippen molar-refractivity contribution in [2.75, 3.05) is 6.54 Å². The Balaban J connectivity index is 1.72. The Kier molecular flexibility index (Phi) is 5.38. The summed E-state index contributed by atoms with van der Waals surface area (Å²) in [7, 11) is 1.90. The molecule has 1 aliphatic rings. The largest absolute Gasteiger partial charge is 0.330 e. The number of likely N-dealkylation sites (tertiary alicyclic amines) is 1. The van der Waals surface area contributed by atoms with Crippen LogP contribution in [0.25, 0.3) is 11.1 Å². The standard InChI is InChI=1S/C21H20Cl2N4O/c1-26-13-16(14-7-9-24-10-8-14)20(25-26)19-4-2-3-11-27(19)21(28)15-5-6-17(22)18(23)12-15/h5-10,12-13,19H,2-4,11H2,1H3. The fraction of sp³-hybridized carbons (Fsp3) is 0.286. The van der Waals surface area contributed by atoms with Gasteiger partial charge in [0.2, 0.25) is 0 Å². The SMILES string of the molecule is Cn1cc(-c2ccncc2)c(C2CCCCN2C(=O)c2ccc(Cl)c(Cl)c2)n1. The molecule has 2 aromatic heterocycles. The number of amides is 1. The van der Waals surface area contributed by atoms with Gasteiger partial charge in [0.05, 0.1) is 21.8 Å². The van der Waals surface area contributed by atoms with Gasteiger partial charge in [-0.15, -0.1) is 0 Å². The highest BCUT2D eigenvalue weighted by Crippen LogP contribution is 2.37. The summed E-state index contributed by atoms with van der Waals surface area (Å²) < 4.78 is 1.81. The first kappa shape index (κ1) is 19.0. The number of aromatic nitrogens is 3. The van der Waals surface area contributed by atoms with Gasteiger partial charge in [-0.25, -0.2) is 0 Å². The molecular formula is C21H20Cl2N4O. The molecule has 1 saturated heterocycles. The van der Waals surface area contributed by atoms with E-state index in [2.05, 4.69) is 4.98 Å². The first-order valence-electron chi connectivity index (χ1n) is 9.24. The number of rotatable bonds is 3. The maximum Gasteiger partial charge on any atom is 0.254 e. The molecular weight excluding hydrogens is 395 g/mol. The van der Waals surface area contributed by atoms with E-state index in [4.69, 9.17) is 28.3 Å². The Hall–Kier alpha value is -2.37. The van der Waals surface area contributed by atoms with E-state index in [0.29, 0.717) is 22.2 Å². The molecule has 0 saturated carbocycles. The van der Waals surface area contributed by atoms with Crippen molar-refractivity contribution < 1.29 is 4.79 Å². The predicted octanol–water partition coefficient (Wildman–Crippen LogP) is 5.16. The molecule has 4 rings (SSSR count). The average Bonchev–Trinajstić information content (AvgIpc) is 3.12. The minimum atomic E-state index is -0.0833. The lowest BCUT2D eigenvalue weighted by Gasteiger charge is -2.35. The van der Waals surface area contributed by atoms with Crippen molar-refractivity contribution >= 4 is 29.1 Å². The number of halogens is 2. The van der Waals surface area contributed by atoms with Crippen molar-refractivity contribution in [3.63, 3.8) is 0 Å². The molecule has 0 radical (unpaired) electrons. The van der Waals surface area contributed by atoms with Crippen LogP contribution < -0.4 is 0 Å².